The molecule has 0 aliphatic heterocycles. The van der Waals surface area contributed by atoms with Gasteiger partial charge >= 0.3 is 4.94 Å². The van der Waals surface area contributed by atoms with Gasteiger partial charge < -0.3 is 4.42 Å². The molecule has 25 heavy (non-hydrogen) atoms. The zero-order valence-electron chi connectivity index (χ0n) is 13.6. The van der Waals surface area contributed by atoms with Crippen LogP contribution < -0.4 is 9.24 Å². The lowest BCUT2D eigenvalue weighted by Gasteiger charge is -2.21. The molecule has 1 amide bonds. The maximum Gasteiger partial charge on any atom is 0.396 e. The molecule has 1 aromatic heterocycles. The van der Waals surface area contributed by atoms with E-state index >= 15 is 0 Å². The Bertz CT molecular complexity index is 1090. The number of fused-ring (bicyclic) bond motifs is 1. The summed E-state index contributed by atoms with van der Waals surface area (Å²) in [5.74, 6) is -0.644. The summed E-state index contributed by atoms with van der Waals surface area (Å²) in [6.07, 6.45) is 0.785. The summed E-state index contributed by atoms with van der Waals surface area (Å²) >= 11 is 0.852. The minimum absolute atomic E-state index is 0.0281. The number of carbonyl (C=O) groups excluding carboxylic acids is 1. The summed E-state index contributed by atoms with van der Waals surface area (Å²) in [6.45, 7) is 3.15. The minimum Gasteiger partial charge on any atom is -0.414 e. The van der Waals surface area contributed by atoms with Crippen molar-refractivity contribution in [2.24, 2.45) is 0 Å². The van der Waals surface area contributed by atoms with Crippen LogP contribution in [0.1, 0.15) is 19.4 Å². The lowest BCUT2D eigenvalue weighted by atomic mass is 10.2. The number of amides is 1. The fraction of sp³-hybridized carbons (Fsp3) is 0.176. The van der Waals surface area contributed by atoms with E-state index < -0.39 is 20.9 Å². The van der Waals surface area contributed by atoms with E-state index in [0.29, 0.717) is 10.3 Å². The average molecular weight is 377 g/mol. The Balaban J connectivity index is 2.12. The van der Waals surface area contributed by atoms with E-state index in [4.69, 9.17) is 4.42 Å². The Morgan fingerprint density at radius 1 is 1.16 bits per heavy atom. The molecule has 0 atom stereocenters. The first-order valence-corrected chi connectivity index (χ1v) is 9.77. The van der Waals surface area contributed by atoms with Gasteiger partial charge in [-0.2, -0.15) is 0 Å². The minimum atomic E-state index is -4.06. The number of anilines is 1. The van der Waals surface area contributed by atoms with Gasteiger partial charge in [-0.1, -0.05) is 30.4 Å². The molecule has 0 bridgehead atoms. The lowest BCUT2D eigenvalue weighted by molar-refractivity contribution is -0.115. The summed E-state index contributed by atoms with van der Waals surface area (Å²) in [5.41, 5.74) is 1.52. The number of hydrogen-bond acceptors (Lipinski definition) is 6. The molecule has 0 spiro atoms. The van der Waals surface area contributed by atoms with Gasteiger partial charge in [0.05, 0.1) is 15.3 Å². The van der Waals surface area contributed by atoms with Gasteiger partial charge in [0.15, 0.2) is 0 Å². The fourth-order valence-corrected chi connectivity index (χ4v) is 4.60. The number of hydrogen-bond donors (Lipinski definition) is 0. The predicted octanol–water partition coefficient (Wildman–Crippen LogP) is 3.16. The zero-order valence-corrected chi connectivity index (χ0v) is 15.2. The number of rotatable bonds is 4. The topological polar surface area (TPSA) is 84.7 Å². The monoisotopic (exact) mass is 377 g/mol. The van der Waals surface area contributed by atoms with Crippen LogP contribution in [0.15, 0.2) is 56.6 Å². The molecule has 0 radical (unpaired) electrons. The third kappa shape index (κ3) is 3.22. The van der Waals surface area contributed by atoms with Crippen molar-refractivity contribution in [1.29, 1.82) is 0 Å². The van der Waals surface area contributed by atoms with E-state index in [9.17, 15) is 18.0 Å². The molecule has 0 saturated carbocycles. The summed E-state index contributed by atoms with van der Waals surface area (Å²) in [6, 6.07) is 10.8. The molecule has 0 fully saturated rings. The highest BCUT2D eigenvalue weighted by atomic mass is 32.2. The van der Waals surface area contributed by atoms with E-state index in [1.54, 1.807) is 12.1 Å². The summed E-state index contributed by atoms with van der Waals surface area (Å²) in [5, 5.41) is 0. The number of carbonyl (C=O) groups is 1. The highest BCUT2D eigenvalue weighted by Gasteiger charge is 2.29. The molecule has 0 aliphatic carbocycles. The highest BCUT2D eigenvalue weighted by Crippen LogP contribution is 2.28. The van der Waals surface area contributed by atoms with Gasteiger partial charge in [-0.05, 0) is 42.3 Å². The summed E-state index contributed by atoms with van der Waals surface area (Å²) in [4.78, 5) is 23.0. The first-order chi connectivity index (χ1) is 11.8. The average Bonchev–Trinajstić information content (AvgIpc) is 2.93. The van der Waals surface area contributed by atoms with Crippen LogP contribution in [0.2, 0.25) is 0 Å². The van der Waals surface area contributed by atoms with Crippen molar-refractivity contribution in [3.8, 4) is 0 Å². The molecule has 3 rings (SSSR count). The van der Waals surface area contributed by atoms with Crippen molar-refractivity contribution in [3.63, 3.8) is 0 Å². The smallest absolute Gasteiger partial charge is 0.396 e. The van der Waals surface area contributed by atoms with Gasteiger partial charge in [0.2, 0.25) is 5.91 Å². The van der Waals surface area contributed by atoms with E-state index in [1.165, 1.54) is 37.3 Å². The Kier molecular flexibility index (Phi) is 4.49. The van der Waals surface area contributed by atoms with Crippen LogP contribution >= 0.6 is 11.3 Å². The van der Waals surface area contributed by atoms with Crippen LogP contribution in [-0.4, -0.2) is 14.3 Å². The molecule has 0 unspecified atom stereocenters. The lowest BCUT2D eigenvalue weighted by Crippen LogP contribution is -2.35. The van der Waals surface area contributed by atoms with Crippen molar-refractivity contribution in [2.75, 3.05) is 4.31 Å². The number of aryl methyl sites for hydroxylation is 1. The van der Waals surface area contributed by atoms with E-state index in [2.05, 4.69) is 0 Å². The van der Waals surface area contributed by atoms with Gasteiger partial charge in [0, 0.05) is 6.92 Å². The second-order valence-electron chi connectivity index (χ2n) is 5.37. The molecule has 2 aromatic carbocycles. The van der Waals surface area contributed by atoms with Gasteiger partial charge in [0.1, 0.15) is 5.58 Å². The Morgan fingerprint density at radius 3 is 2.44 bits per heavy atom. The van der Waals surface area contributed by atoms with Gasteiger partial charge in [-0.15, -0.1) is 0 Å². The van der Waals surface area contributed by atoms with Crippen molar-refractivity contribution in [1.82, 2.24) is 0 Å². The normalized spacial score (nSPS) is 11.6. The Labute approximate surface area is 148 Å². The van der Waals surface area contributed by atoms with Crippen molar-refractivity contribution in [2.45, 2.75) is 25.2 Å². The molecule has 1 heterocycles. The van der Waals surface area contributed by atoms with Crippen LogP contribution in [0.5, 0.6) is 0 Å². The molecule has 130 valence electrons. The third-order valence-electron chi connectivity index (χ3n) is 3.70. The van der Waals surface area contributed by atoms with Gasteiger partial charge in [-0.25, -0.2) is 17.5 Å². The maximum absolute atomic E-state index is 12.9. The molecule has 3 aromatic rings. The largest absolute Gasteiger partial charge is 0.414 e. The highest BCUT2D eigenvalue weighted by molar-refractivity contribution is 7.93. The van der Waals surface area contributed by atoms with Crippen LogP contribution in [0.4, 0.5) is 5.69 Å². The first-order valence-electron chi connectivity index (χ1n) is 7.51. The molecule has 6 nitrogen and oxygen atoms in total. The van der Waals surface area contributed by atoms with Crippen LogP contribution in [0.25, 0.3) is 10.3 Å². The number of sulfonamides is 1. The zero-order chi connectivity index (χ0) is 18.2. The second-order valence-corrected chi connectivity index (χ2v) is 8.14. The maximum atomic E-state index is 12.9. The number of benzene rings is 2. The Morgan fingerprint density at radius 2 is 1.84 bits per heavy atom. The van der Waals surface area contributed by atoms with Gasteiger partial charge in [-0.3, -0.25) is 4.79 Å². The third-order valence-corrected chi connectivity index (χ3v) is 6.31. The SMILES string of the molecule is CCc1ccc(S(=O)(=O)N(C(C)=O)c2ccc3oc(=O)sc3c2)cc1. The molecule has 0 N–H and O–H groups in total. The molecule has 0 aliphatic rings. The number of nitrogens with zero attached hydrogens (tertiary/aromatic N) is 1. The predicted molar refractivity (Wildman–Crippen MR) is 96.5 cm³/mol. The molecular weight excluding hydrogens is 362 g/mol. The molecule has 8 heteroatoms. The van der Waals surface area contributed by atoms with Crippen molar-refractivity contribution in [3.05, 3.63) is 57.8 Å². The van der Waals surface area contributed by atoms with Gasteiger partial charge in [0.25, 0.3) is 10.0 Å². The summed E-state index contributed by atoms with van der Waals surface area (Å²) in [7, 11) is -4.06. The first kappa shape index (κ1) is 17.4. The summed E-state index contributed by atoms with van der Waals surface area (Å²) < 4.78 is 32.1. The van der Waals surface area contributed by atoms with Crippen LogP contribution in [0, 0.1) is 0 Å². The quantitative estimate of drug-likeness (QED) is 0.697. The molecule has 0 saturated heterocycles. The van der Waals surface area contributed by atoms with E-state index in [-0.39, 0.29) is 10.6 Å². The van der Waals surface area contributed by atoms with Crippen LogP contribution in [-0.2, 0) is 21.2 Å². The van der Waals surface area contributed by atoms with Crippen LogP contribution in [0.3, 0.4) is 0 Å². The van der Waals surface area contributed by atoms with E-state index in [1.807, 2.05) is 6.92 Å². The second kappa shape index (κ2) is 6.45. The van der Waals surface area contributed by atoms with Crippen molar-refractivity contribution >= 4 is 43.2 Å². The standard InChI is InChI=1S/C17H15NO5S2/c1-3-12-4-7-14(8-5-12)25(21,22)18(11(2)19)13-6-9-15-16(10-13)24-17(20)23-15/h4-10H,3H2,1-2H3. The van der Waals surface area contributed by atoms with E-state index in [0.717, 1.165) is 27.6 Å². The molecular formula is C17H15NO5S2. The Hall–Kier alpha value is -2.45. The van der Waals surface area contributed by atoms with Crippen molar-refractivity contribution < 1.29 is 17.6 Å². The fourth-order valence-electron chi connectivity index (χ4n) is 2.48.